The van der Waals surface area contributed by atoms with Gasteiger partial charge in [-0.1, -0.05) is 25.1 Å². The molecule has 0 radical (unpaired) electrons. The van der Waals surface area contributed by atoms with Gasteiger partial charge in [0.25, 0.3) is 0 Å². The largest absolute Gasteiger partial charge is 0.355 e. The Morgan fingerprint density at radius 1 is 1.08 bits per heavy atom. The van der Waals surface area contributed by atoms with Gasteiger partial charge in [-0.15, -0.1) is 0 Å². The zero-order valence-corrected chi connectivity index (χ0v) is 14.4. The Labute approximate surface area is 144 Å². The molecule has 6 heteroatoms. The first-order chi connectivity index (χ1) is 11.7. The monoisotopic (exact) mass is 332 g/mol. The molecule has 0 atom stereocenters. The highest BCUT2D eigenvalue weighted by molar-refractivity contribution is 5.89. The average molecular weight is 332 g/mol. The van der Waals surface area contributed by atoms with E-state index in [1.807, 2.05) is 30.3 Å². The maximum absolute atomic E-state index is 12.2. The molecule has 132 valence electrons. The Morgan fingerprint density at radius 2 is 1.79 bits per heavy atom. The minimum Gasteiger partial charge on any atom is -0.355 e. The first kappa shape index (κ1) is 18.3. The topological polar surface area (TPSA) is 73.5 Å². The summed E-state index contributed by atoms with van der Waals surface area (Å²) < 4.78 is 0. The lowest BCUT2D eigenvalue weighted by Crippen LogP contribution is -2.45. The van der Waals surface area contributed by atoms with Crippen LogP contribution in [0.25, 0.3) is 0 Å². The molecule has 1 aliphatic rings. The third kappa shape index (κ3) is 5.85. The maximum Gasteiger partial charge on any atom is 0.321 e. The second-order valence-corrected chi connectivity index (χ2v) is 6.10. The number of likely N-dealkylation sites (tertiary alicyclic amines) is 1. The van der Waals surface area contributed by atoms with Gasteiger partial charge in [0.05, 0.1) is 0 Å². The van der Waals surface area contributed by atoms with Crippen LogP contribution in [0.15, 0.2) is 30.3 Å². The summed E-state index contributed by atoms with van der Waals surface area (Å²) in [5.41, 5.74) is 0.793. The third-order valence-corrected chi connectivity index (χ3v) is 4.21. The van der Waals surface area contributed by atoms with Crippen molar-refractivity contribution < 1.29 is 9.59 Å². The van der Waals surface area contributed by atoms with Crippen LogP contribution >= 0.6 is 0 Å². The van der Waals surface area contributed by atoms with E-state index in [1.54, 1.807) is 4.90 Å². The SMILES string of the molecule is CCCNCCNC(=O)C1CCN(C(=O)Nc2ccccc2)CC1. The van der Waals surface area contributed by atoms with E-state index in [1.165, 1.54) is 0 Å². The number of rotatable bonds is 7. The molecule has 2 rings (SSSR count). The summed E-state index contributed by atoms with van der Waals surface area (Å²) in [6.45, 7) is 5.79. The van der Waals surface area contributed by atoms with Crippen LogP contribution in [0.2, 0.25) is 0 Å². The van der Waals surface area contributed by atoms with Gasteiger partial charge in [0.15, 0.2) is 0 Å². The van der Waals surface area contributed by atoms with Gasteiger partial charge in [0.2, 0.25) is 5.91 Å². The minimum absolute atomic E-state index is 0.0111. The molecule has 0 aliphatic carbocycles. The van der Waals surface area contributed by atoms with Crippen molar-refractivity contribution in [2.24, 2.45) is 5.92 Å². The highest BCUT2D eigenvalue weighted by atomic mass is 16.2. The van der Waals surface area contributed by atoms with Crippen molar-refractivity contribution in [3.05, 3.63) is 30.3 Å². The summed E-state index contributed by atoms with van der Waals surface area (Å²) in [5.74, 6) is 0.119. The highest BCUT2D eigenvalue weighted by Gasteiger charge is 2.27. The van der Waals surface area contributed by atoms with Gasteiger partial charge in [-0.2, -0.15) is 0 Å². The van der Waals surface area contributed by atoms with Gasteiger partial charge in [-0.25, -0.2) is 4.79 Å². The Morgan fingerprint density at radius 3 is 2.46 bits per heavy atom. The molecular weight excluding hydrogens is 304 g/mol. The Balaban J connectivity index is 1.67. The fourth-order valence-electron chi connectivity index (χ4n) is 2.79. The van der Waals surface area contributed by atoms with E-state index in [0.29, 0.717) is 19.6 Å². The molecular formula is C18H28N4O2. The van der Waals surface area contributed by atoms with Crippen LogP contribution in [0, 0.1) is 5.92 Å². The average Bonchev–Trinajstić information content (AvgIpc) is 2.62. The fourth-order valence-corrected chi connectivity index (χ4v) is 2.79. The number of amides is 3. The Bertz CT molecular complexity index is 513. The molecule has 1 saturated heterocycles. The van der Waals surface area contributed by atoms with Gasteiger partial charge in [-0.05, 0) is 37.9 Å². The first-order valence-electron chi connectivity index (χ1n) is 8.80. The zero-order chi connectivity index (χ0) is 17.2. The molecule has 0 saturated carbocycles. The second-order valence-electron chi connectivity index (χ2n) is 6.10. The number of anilines is 1. The molecule has 1 heterocycles. The van der Waals surface area contributed by atoms with Gasteiger partial charge >= 0.3 is 6.03 Å². The lowest BCUT2D eigenvalue weighted by molar-refractivity contribution is -0.126. The molecule has 1 fully saturated rings. The normalized spacial score (nSPS) is 15.1. The lowest BCUT2D eigenvalue weighted by Gasteiger charge is -2.31. The lowest BCUT2D eigenvalue weighted by atomic mass is 9.96. The van der Waals surface area contributed by atoms with E-state index in [0.717, 1.165) is 38.0 Å². The number of carbonyl (C=O) groups is 2. The number of carbonyl (C=O) groups excluding carboxylic acids is 2. The standard InChI is InChI=1S/C18H28N4O2/c1-2-10-19-11-12-20-17(23)15-8-13-22(14-9-15)18(24)21-16-6-4-3-5-7-16/h3-7,15,19H,2,8-14H2,1H3,(H,20,23)(H,21,24). The summed E-state index contributed by atoms with van der Waals surface area (Å²) in [6.07, 6.45) is 2.53. The number of nitrogens with zero attached hydrogens (tertiary/aromatic N) is 1. The van der Waals surface area contributed by atoms with Crippen LogP contribution < -0.4 is 16.0 Å². The second kappa shape index (κ2) is 9.93. The van der Waals surface area contributed by atoms with Gasteiger partial charge in [-0.3, -0.25) is 4.79 Å². The van der Waals surface area contributed by atoms with Gasteiger partial charge in [0.1, 0.15) is 0 Å². The number of hydrogen-bond acceptors (Lipinski definition) is 3. The van der Waals surface area contributed by atoms with Crippen LogP contribution in [0.4, 0.5) is 10.5 Å². The molecule has 0 unspecified atom stereocenters. The Hall–Kier alpha value is -2.08. The molecule has 0 bridgehead atoms. The van der Waals surface area contributed by atoms with Crippen LogP contribution in [-0.4, -0.2) is 49.6 Å². The molecule has 0 spiro atoms. The number of piperidine rings is 1. The van der Waals surface area contributed by atoms with Crippen LogP contribution in [0.1, 0.15) is 26.2 Å². The fraction of sp³-hybridized carbons (Fsp3) is 0.556. The van der Waals surface area contributed by atoms with E-state index in [2.05, 4.69) is 22.9 Å². The van der Waals surface area contributed by atoms with Crippen LogP contribution in [0.3, 0.4) is 0 Å². The summed E-state index contributed by atoms with van der Waals surface area (Å²) in [6, 6.07) is 9.33. The maximum atomic E-state index is 12.2. The molecule has 3 N–H and O–H groups in total. The highest BCUT2D eigenvalue weighted by Crippen LogP contribution is 2.18. The molecule has 1 aliphatic heterocycles. The predicted molar refractivity (Wildman–Crippen MR) is 95.9 cm³/mol. The van der Waals surface area contributed by atoms with E-state index in [4.69, 9.17) is 0 Å². The van der Waals surface area contributed by atoms with Gasteiger partial charge in [0, 0.05) is 37.8 Å². The predicted octanol–water partition coefficient (Wildman–Crippen LogP) is 2.05. The smallest absolute Gasteiger partial charge is 0.321 e. The van der Waals surface area contributed by atoms with Crippen molar-refractivity contribution in [2.45, 2.75) is 26.2 Å². The first-order valence-corrected chi connectivity index (χ1v) is 8.80. The number of hydrogen-bond donors (Lipinski definition) is 3. The van der Waals surface area contributed by atoms with Crippen molar-refractivity contribution in [1.29, 1.82) is 0 Å². The van der Waals surface area contributed by atoms with Crippen molar-refractivity contribution in [3.63, 3.8) is 0 Å². The zero-order valence-electron chi connectivity index (χ0n) is 14.4. The number of urea groups is 1. The van der Waals surface area contributed by atoms with E-state index in [-0.39, 0.29) is 17.9 Å². The summed E-state index contributed by atoms with van der Waals surface area (Å²) >= 11 is 0. The molecule has 3 amide bonds. The molecule has 1 aromatic rings. The van der Waals surface area contributed by atoms with E-state index in [9.17, 15) is 9.59 Å². The van der Waals surface area contributed by atoms with Crippen molar-refractivity contribution in [3.8, 4) is 0 Å². The number of benzene rings is 1. The van der Waals surface area contributed by atoms with Crippen molar-refractivity contribution >= 4 is 17.6 Å². The molecule has 24 heavy (non-hydrogen) atoms. The molecule has 0 aromatic heterocycles. The van der Waals surface area contributed by atoms with E-state index >= 15 is 0 Å². The van der Waals surface area contributed by atoms with E-state index < -0.39 is 0 Å². The van der Waals surface area contributed by atoms with Gasteiger partial charge < -0.3 is 20.9 Å². The summed E-state index contributed by atoms with van der Waals surface area (Å²) in [7, 11) is 0. The summed E-state index contributed by atoms with van der Waals surface area (Å²) in [5, 5.41) is 9.12. The quantitative estimate of drug-likeness (QED) is 0.669. The number of para-hydroxylation sites is 1. The minimum atomic E-state index is -0.0937. The van der Waals surface area contributed by atoms with Crippen LogP contribution in [0.5, 0.6) is 0 Å². The number of nitrogens with one attached hydrogen (secondary N) is 3. The van der Waals surface area contributed by atoms with Crippen molar-refractivity contribution in [2.75, 3.05) is 38.0 Å². The van der Waals surface area contributed by atoms with Crippen molar-refractivity contribution in [1.82, 2.24) is 15.5 Å². The van der Waals surface area contributed by atoms with Crippen LogP contribution in [-0.2, 0) is 4.79 Å². The Kier molecular flexibility index (Phi) is 7.55. The summed E-state index contributed by atoms with van der Waals surface area (Å²) in [4.78, 5) is 26.1. The third-order valence-electron chi connectivity index (χ3n) is 4.21. The molecule has 6 nitrogen and oxygen atoms in total. The molecule has 1 aromatic carbocycles.